The van der Waals surface area contributed by atoms with Crippen molar-refractivity contribution in [2.24, 2.45) is 17.8 Å². The summed E-state index contributed by atoms with van der Waals surface area (Å²) in [5.41, 5.74) is 1.56. The highest BCUT2D eigenvalue weighted by Gasteiger charge is 2.42. The van der Waals surface area contributed by atoms with Crippen molar-refractivity contribution in [2.45, 2.75) is 83.7 Å². The first-order valence-electron chi connectivity index (χ1n) is 10.8. The van der Waals surface area contributed by atoms with Crippen molar-refractivity contribution in [3.63, 3.8) is 0 Å². The predicted molar refractivity (Wildman–Crippen MR) is 109 cm³/mol. The Bertz CT molecular complexity index is 494. The molecule has 26 heavy (non-hydrogen) atoms. The third kappa shape index (κ3) is 6.26. The number of hydrogen-bond acceptors (Lipinski definition) is 2. The molecular formula is C23H39NO2. The van der Waals surface area contributed by atoms with Gasteiger partial charge in [-0.15, -0.1) is 0 Å². The molecule has 0 heterocycles. The number of unbranched alkanes of at least 4 members (excludes halogenated alkanes) is 5. The van der Waals surface area contributed by atoms with Gasteiger partial charge in [-0.05, 0) is 56.8 Å². The summed E-state index contributed by atoms with van der Waals surface area (Å²) in [5, 5.41) is 10.4. The fourth-order valence-electron chi connectivity index (χ4n) is 4.58. The zero-order chi connectivity index (χ0) is 18.9. The highest BCUT2D eigenvalue weighted by molar-refractivity contribution is 5.75. The molecule has 0 spiro atoms. The van der Waals surface area contributed by atoms with E-state index in [4.69, 9.17) is 0 Å². The van der Waals surface area contributed by atoms with E-state index >= 15 is 0 Å². The normalized spacial score (nSPS) is 27.8. The molecule has 2 aliphatic carbocycles. The van der Waals surface area contributed by atoms with Crippen molar-refractivity contribution >= 4 is 5.91 Å². The lowest BCUT2D eigenvalue weighted by Crippen LogP contribution is -2.21. The van der Waals surface area contributed by atoms with Gasteiger partial charge in [0.1, 0.15) is 0 Å². The van der Waals surface area contributed by atoms with E-state index in [0.29, 0.717) is 24.2 Å². The first-order chi connectivity index (χ1) is 12.5. The maximum absolute atomic E-state index is 11.6. The van der Waals surface area contributed by atoms with Gasteiger partial charge in [-0.1, -0.05) is 50.0 Å². The summed E-state index contributed by atoms with van der Waals surface area (Å²) in [5.74, 6) is 1.75. The number of hydrogen-bond donors (Lipinski definition) is 1. The fourth-order valence-corrected chi connectivity index (χ4v) is 4.58. The van der Waals surface area contributed by atoms with Crippen molar-refractivity contribution in [3.05, 3.63) is 23.8 Å². The Hall–Kier alpha value is -1.09. The van der Waals surface area contributed by atoms with Crippen molar-refractivity contribution < 1.29 is 9.90 Å². The minimum atomic E-state index is -0.160. The van der Waals surface area contributed by atoms with Crippen LogP contribution in [0.15, 0.2) is 23.8 Å². The molecule has 0 aliphatic heterocycles. The second kappa shape index (κ2) is 10.9. The summed E-state index contributed by atoms with van der Waals surface area (Å²) in [7, 11) is 3.65. The summed E-state index contributed by atoms with van der Waals surface area (Å²) >= 11 is 0. The van der Waals surface area contributed by atoms with Crippen LogP contribution in [0.4, 0.5) is 0 Å². The highest BCUT2D eigenvalue weighted by Crippen LogP contribution is 2.48. The summed E-state index contributed by atoms with van der Waals surface area (Å²) in [6.45, 7) is 2.25. The summed E-state index contributed by atoms with van der Waals surface area (Å²) in [4.78, 5) is 13.3. The third-order valence-electron chi connectivity index (χ3n) is 6.17. The number of allylic oxidation sites excluding steroid dienone is 3. The van der Waals surface area contributed by atoms with Gasteiger partial charge in [0.15, 0.2) is 0 Å². The number of aliphatic hydroxyl groups excluding tert-OH is 1. The summed E-state index contributed by atoms with van der Waals surface area (Å²) in [6, 6.07) is 0. The molecule has 3 heteroatoms. The van der Waals surface area contributed by atoms with Crippen molar-refractivity contribution in [2.75, 3.05) is 14.1 Å². The number of fused-ring (bicyclic) bond motifs is 1. The molecule has 1 amide bonds. The van der Waals surface area contributed by atoms with Crippen molar-refractivity contribution in [1.29, 1.82) is 0 Å². The van der Waals surface area contributed by atoms with Gasteiger partial charge in [-0.3, -0.25) is 4.79 Å². The Morgan fingerprint density at radius 2 is 2.04 bits per heavy atom. The van der Waals surface area contributed by atoms with Gasteiger partial charge in [-0.2, -0.15) is 0 Å². The summed E-state index contributed by atoms with van der Waals surface area (Å²) < 4.78 is 0. The monoisotopic (exact) mass is 361 g/mol. The quantitative estimate of drug-likeness (QED) is 0.410. The minimum Gasteiger partial charge on any atom is -0.392 e. The van der Waals surface area contributed by atoms with E-state index in [0.717, 1.165) is 38.5 Å². The van der Waals surface area contributed by atoms with E-state index in [1.807, 2.05) is 14.1 Å². The second-order valence-electron chi connectivity index (χ2n) is 8.51. The van der Waals surface area contributed by atoms with Gasteiger partial charge in [0.05, 0.1) is 6.10 Å². The van der Waals surface area contributed by atoms with Crippen LogP contribution < -0.4 is 0 Å². The average molecular weight is 362 g/mol. The van der Waals surface area contributed by atoms with Gasteiger partial charge in [-0.25, -0.2) is 0 Å². The predicted octanol–water partition coefficient (Wildman–Crippen LogP) is 5.10. The van der Waals surface area contributed by atoms with Gasteiger partial charge in [0.2, 0.25) is 5.91 Å². The number of aliphatic hydroxyl groups is 1. The van der Waals surface area contributed by atoms with Gasteiger partial charge in [0.25, 0.3) is 0 Å². The topological polar surface area (TPSA) is 40.5 Å². The lowest BCUT2D eigenvalue weighted by molar-refractivity contribution is -0.128. The molecule has 1 N–H and O–H groups in total. The molecule has 0 bridgehead atoms. The van der Waals surface area contributed by atoms with Crippen LogP contribution in [0.2, 0.25) is 0 Å². The molecule has 0 radical (unpaired) electrons. The maximum Gasteiger partial charge on any atom is 0.222 e. The first kappa shape index (κ1) is 21.2. The average Bonchev–Trinajstić information content (AvgIpc) is 3.11. The van der Waals surface area contributed by atoms with Gasteiger partial charge >= 0.3 is 0 Å². The number of carbonyl (C=O) groups excluding carboxylic acids is 1. The lowest BCUT2D eigenvalue weighted by Gasteiger charge is -2.18. The second-order valence-corrected chi connectivity index (χ2v) is 8.51. The lowest BCUT2D eigenvalue weighted by atomic mass is 9.88. The molecule has 4 atom stereocenters. The Labute approximate surface area is 160 Å². The van der Waals surface area contributed by atoms with Crippen LogP contribution in [0.1, 0.15) is 77.6 Å². The largest absolute Gasteiger partial charge is 0.392 e. The van der Waals surface area contributed by atoms with Crippen molar-refractivity contribution in [3.8, 4) is 0 Å². The van der Waals surface area contributed by atoms with Crippen molar-refractivity contribution in [1.82, 2.24) is 4.90 Å². The zero-order valence-electron chi connectivity index (χ0n) is 17.1. The number of nitrogens with zero attached hydrogens (tertiary/aromatic N) is 1. The standard InChI is InChI=1S/C23H39NO2/c1-4-5-6-7-8-9-13-20-21-16-18(15-19(21)17-22(20)25)12-10-11-14-23(26)24(2)3/h9,13,15,19-22,25H,4-8,10-12,14,16-17H2,1-3H3/b13-9+/t19-,20+,21-,22+/m0/s1. The molecular weight excluding hydrogens is 322 g/mol. The minimum absolute atomic E-state index is 0.160. The molecule has 1 saturated carbocycles. The fraction of sp³-hybridized carbons (Fsp3) is 0.783. The Morgan fingerprint density at radius 1 is 1.23 bits per heavy atom. The van der Waals surface area contributed by atoms with E-state index in [1.165, 1.54) is 25.7 Å². The van der Waals surface area contributed by atoms with Crippen LogP contribution in [-0.2, 0) is 4.79 Å². The molecule has 2 aliphatic rings. The van der Waals surface area contributed by atoms with E-state index < -0.39 is 0 Å². The molecule has 3 nitrogen and oxygen atoms in total. The van der Waals surface area contributed by atoms with E-state index in [1.54, 1.807) is 10.5 Å². The SMILES string of the molecule is CCCCCC/C=C/[C@@H]1[C@H]2CC(CCCCC(=O)N(C)C)=C[C@H]2C[C@H]1O. The highest BCUT2D eigenvalue weighted by atomic mass is 16.3. The van der Waals surface area contributed by atoms with E-state index in [-0.39, 0.29) is 12.0 Å². The number of amides is 1. The molecule has 0 aromatic heterocycles. The van der Waals surface area contributed by atoms with Gasteiger partial charge < -0.3 is 10.0 Å². The van der Waals surface area contributed by atoms with Crippen LogP contribution in [-0.4, -0.2) is 36.1 Å². The van der Waals surface area contributed by atoms with Gasteiger partial charge in [0, 0.05) is 26.4 Å². The molecule has 0 unspecified atom stereocenters. The number of rotatable bonds is 11. The Kier molecular flexibility index (Phi) is 8.90. The molecule has 0 aromatic rings. The van der Waals surface area contributed by atoms with E-state index in [2.05, 4.69) is 25.2 Å². The van der Waals surface area contributed by atoms with Crippen LogP contribution in [0.5, 0.6) is 0 Å². The molecule has 1 fully saturated rings. The Morgan fingerprint density at radius 3 is 2.77 bits per heavy atom. The smallest absolute Gasteiger partial charge is 0.222 e. The van der Waals surface area contributed by atoms with E-state index in [9.17, 15) is 9.90 Å². The first-order valence-corrected chi connectivity index (χ1v) is 10.8. The Balaban J connectivity index is 1.71. The van der Waals surface area contributed by atoms with Crippen LogP contribution in [0.25, 0.3) is 0 Å². The summed E-state index contributed by atoms with van der Waals surface area (Å²) in [6.07, 6.45) is 19.2. The molecule has 0 aromatic carbocycles. The molecule has 2 rings (SSSR count). The molecule has 0 saturated heterocycles. The molecule has 148 valence electrons. The number of carbonyl (C=O) groups is 1. The van der Waals surface area contributed by atoms with Crippen LogP contribution >= 0.6 is 0 Å². The maximum atomic E-state index is 11.6. The zero-order valence-corrected chi connectivity index (χ0v) is 17.1. The third-order valence-corrected chi connectivity index (χ3v) is 6.17. The van der Waals surface area contributed by atoms with Crippen LogP contribution in [0.3, 0.4) is 0 Å². The van der Waals surface area contributed by atoms with Crippen LogP contribution in [0, 0.1) is 17.8 Å².